The number of carboxylic acids is 1. The number of urea groups is 1. The molecule has 0 aromatic carbocycles. The number of unbranched alkanes of at least 4 members (excludes halogenated alkanes) is 2. The number of carboxylic acid groups (broad SMARTS) is 1. The molecule has 0 bridgehead atoms. The molecule has 3 N–H and O–H groups in total. The molecule has 114 valence electrons. The normalized spacial score (nSPS) is 17.5. The highest BCUT2D eigenvalue weighted by Gasteiger charge is 2.40. The minimum Gasteiger partial charge on any atom is -0.481 e. The van der Waals surface area contributed by atoms with Gasteiger partial charge < -0.3 is 20.6 Å². The van der Waals surface area contributed by atoms with Crippen molar-refractivity contribution in [2.24, 2.45) is 0 Å². The molecule has 0 saturated carbocycles. The van der Waals surface area contributed by atoms with Crippen LogP contribution in [0.5, 0.6) is 0 Å². The third-order valence-electron chi connectivity index (χ3n) is 3.44. The quantitative estimate of drug-likeness (QED) is 0.621. The van der Waals surface area contributed by atoms with Crippen LogP contribution in [-0.2, 0) is 9.59 Å². The van der Waals surface area contributed by atoms with Crippen LogP contribution in [0, 0.1) is 0 Å². The zero-order chi connectivity index (χ0) is 15.2. The summed E-state index contributed by atoms with van der Waals surface area (Å²) in [5.74, 6) is -0.949. The van der Waals surface area contributed by atoms with Crippen LogP contribution < -0.4 is 10.6 Å². The van der Waals surface area contributed by atoms with Gasteiger partial charge in [-0.1, -0.05) is 6.42 Å². The molecule has 1 aliphatic heterocycles. The first-order valence-corrected chi connectivity index (χ1v) is 6.91. The van der Waals surface area contributed by atoms with E-state index in [9.17, 15) is 14.4 Å². The molecule has 1 saturated heterocycles. The first-order valence-electron chi connectivity index (χ1n) is 6.91. The lowest BCUT2D eigenvalue weighted by Gasteiger charge is -2.40. The number of carbonyl (C=O) groups is 3. The van der Waals surface area contributed by atoms with E-state index in [1.807, 2.05) is 0 Å². The lowest BCUT2D eigenvalue weighted by Crippen LogP contribution is -2.65. The Hall–Kier alpha value is -1.79. The Labute approximate surface area is 118 Å². The van der Waals surface area contributed by atoms with Gasteiger partial charge in [0, 0.05) is 26.1 Å². The van der Waals surface area contributed by atoms with Gasteiger partial charge in [-0.05, 0) is 26.7 Å². The van der Waals surface area contributed by atoms with Gasteiger partial charge in [0.25, 0.3) is 0 Å². The summed E-state index contributed by atoms with van der Waals surface area (Å²) in [6, 6.07) is -0.247. The summed E-state index contributed by atoms with van der Waals surface area (Å²) < 4.78 is 0. The second kappa shape index (κ2) is 7.12. The van der Waals surface area contributed by atoms with E-state index >= 15 is 0 Å². The van der Waals surface area contributed by atoms with E-state index in [0.29, 0.717) is 26.1 Å². The Balaban J connectivity index is 2.28. The van der Waals surface area contributed by atoms with Crippen LogP contribution in [-0.4, -0.2) is 53.1 Å². The van der Waals surface area contributed by atoms with Crippen molar-refractivity contribution in [1.82, 2.24) is 15.5 Å². The maximum Gasteiger partial charge on any atom is 0.318 e. The molecule has 0 aromatic rings. The van der Waals surface area contributed by atoms with E-state index in [-0.39, 0.29) is 18.4 Å². The molecule has 1 aliphatic rings. The Morgan fingerprint density at radius 3 is 2.70 bits per heavy atom. The molecule has 0 unspecified atom stereocenters. The summed E-state index contributed by atoms with van der Waals surface area (Å²) in [7, 11) is 0. The summed E-state index contributed by atoms with van der Waals surface area (Å²) in [6.07, 6.45) is 2.27. The van der Waals surface area contributed by atoms with Gasteiger partial charge in [0.15, 0.2) is 0 Å². The van der Waals surface area contributed by atoms with Crippen LogP contribution in [0.25, 0.3) is 0 Å². The lowest BCUT2D eigenvalue weighted by molar-refractivity contribution is -0.137. The molecule has 0 aliphatic carbocycles. The average molecular weight is 285 g/mol. The molecule has 0 spiro atoms. The van der Waals surface area contributed by atoms with Gasteiger partial charge in [0.1, 0.15) is 5.54 Å². The molecule has 1 fully saturated rings. The number of hydrogen-bond acceptors (Lipinski definition) is 3. The first-order chi connectivity index (χ1) is 9.35. The van der Waals surface area contributed by atoms with Crippen LogP contribution >= 0.6 is 0 Å². The van der Waals surface area contributed by atoms with Crippen molar-refractivity contribution in [3.63, 3.8) is 0 Å². The first kappa shape index (κ1) is 16.3. The molecule has 3 amide bonds. The number of piperazine rings is 1. The van der Waals surface area contributed by atoms with Gasteiger partial charge in [-0.25, -0.2) is 4.79 Å². The minimum absolute atomic E-state index is 0.152. The summed E-state index contributed by atoms with van der Waals surface area (Å²) >= 11 is 0. The van der Waals surface area contributed by atoms with Crippen LogP contribution in [0.4, 0.5) is 4.79 Å². The van der Waals surface area contributed by atoms with Crippen LogP contribution in [0.1, 0.15) is 39.5 Å². The SMILES string of the molecule is CC1(C)C(=O)NCCN1C(=O)NCCCCCC(=O)O. The zero-order valence-corrected chi connectivity index (χ0v) is 12.1. The zero-order valence-electron chi connectivity index (χ0n) is 12.1. The summed E-state index contributed by atoms with van der Waals surface area (Å²) in [4.78, 5) is 35.6. The molecule has 7 heteroatoms. The molecule has 1 rings (SSSR count). The van der Waals surface area contributed by atoms with Gasteiger partial charge in [-0.15, -0.1) is 0 Å². The summed E-state index contributed by atoms with van der Waals surface area (Å²) in [5, 5.41) is 14.0. The van der Waals surface area contributed by atoms with Gasteiger partial charge in [-0.2, -0.15) is 0 Å². The average Bonchev–Trinajstić information content (AvgIpc) is 2.36. The third-order valence-corrected chi connectivity index (χ3v) is 3.44. The maximum atomic E-state index is 12.0. The van der Waals surface area contributed by atoms with Crippen LogP contribution in [0.2, 0.25) is 0 Å². The molecule has 0 radical (unpaired) electrons. The Morgan fingerprint density at radius 2 is 2.05 bits per heavy atom. The smallest absolute Gasteiger partial charge is 0.318 e. The maximum absolute atomic E-state index is 12.0. The molecular weight excluding hydrogens is 262 g/mol. The highest BCUT2D eigenvalue weighted by Crippen LogP contribution is 2.17. The summed E-state index contributed by atoms with van der Waals surface area (Å²) in [5.41, 5.74) is -0.842. The number of aliphatic carboxylic acids is 1. The lowest BCUT2D eigenvalue weighted by atomic mass is 9.99. The fourth-order valence-electron chi connectivity index (χ4n) is 2.12. The topological polar surface area (TPSA) is 98.7 Å². The molecule has 20 heavy (non-hydrogen) atoms. The third kappa shape index (κ3) is 4.40. The fraction of sp³-hybridized carbons (Fsp3) is 0.769. The largest absolute Gasteiger partial charge is 0.481 e. The Bertz CT molecular complexity index is 382. The van der Waals surface area contributed by atoms with Gasteiger partial charge in [0.2, 0.25) is 5.91 Å². The molecule has 0 atom stereocenters. The molecule has 1 heterocycles. The number of amides is 3. The van der Waals surface area contributed by atoms with Gasteiger partial charge in [0.05, 0.1) is 0 Å². The number of rotatable bonds is 6. The van der Waals surface area contributed by atoms with E-state index in [1.54, 1.807) is 13.8 Å². The Morgan fingerprint density at radius 1 is 1.35 bits per heavy atom. The van der Waals surface area contributed by atoms with Gasteiger partial charge in [-0.3, -0.25) is 9.59 Å². The van der Waals surface area contributed by atoms with Crippen LogP contribution in [0.15, 0.2) is 0 Å². The van der Waals surface area contributed by atoms with E-state index in [1.165, 1.54) is 4.90 Å². The van der Waals surface area contributed by atoms with E-state index in [4.69, 9.17) is 5.11 Å². The molecule has 0 aromatic heterocycles. The van der Waals surface area contributed by atoms with E-state index in [2.05, 4.69) is 10.6 Å². The number of nitrogens with one attached hydrogen (secondary N) is 2. The molecular formula is C13H23N3O4. The highest BCUT2D eigenvalue weighted by molar-refractivity contribution is 5.91. The van der Waals surface area contributed by atoms with Crippen molar-refractivity contribution < 1.29 is 19.5 Å². The van der Waals surface area contributed by atoms with Crippen molar-refractivity contribution in [2.75, 3.05) is 19.6 Å². The van der Waals surface area contributed by atoms with Crippen molar-refractivity contribution in [3.05, 3.63) is 0 Å². The highest BCUT2D eigenvalue weighted by atomic mass is 16.4. The summed E-state index contributed by atoms with van der Waals surface area (Å²) in [6.45, 7) is 4.88. The number of hydrogen-bond donors (Lipinski definition) is 3. The second-order valence-corrected chi connectivity index (χ2v) is 5.40. The fourth-order valence-corrected chi connectivity index (χ4v) is 2.12. The predicted molar refractivity (Wildman–Crippen MR) is 73.3 cm³/mol. The van der Waals surface area contributed by atoms with E-state index in [0.717, 1.165) is 12.8 Å². The Kier molecular flexibility index (Phi) is 5.79. The second-order valence-electron chi connectivity index (χ2n) is 5.40. The van der Waals surface area contributed by atoms with E-state index < -0.39 is 11.5 Å². The molecule has 7 nitrogen and oxygen atoms in total. The predicted octanol–water partition coefficient (Wildman–Crippen LogP) is 0.551. The van der Waals surface area contributed by atoms with Crippen molar-refractivity contribution in [2.45, 2.75) is 45.1 Å². The van der Waals surface area contributed by atoms with Crippen LogP contribution in [0.3, 0.4) is 0 Å². The van der Waals surface area contributed by atoms with Crippen molar-refractivity contribution in [3.8, 4) is 0 Å². The standard InChI is InChI=1S/C13H23N3O4/c1-13(2)11(19)14-8-9-16(13)12(20)15-7-5-3-4-6-10(17)18/h3-9H2,1-2H3,(H,14,19)(H,15,20)(H,17,18). The number of nitrogens with zero attached hydrogens (tertiary/aromatic N) is 1. The van der Waals surface area contributed by atoms with Crippen molar-refractivity contribution >= 4 is 17.9 Å². The monoisotopic (exact) mass is 285 g/mol. The van der Waals surface area contributed by atoms with Crippen molar-refractivity contribution in [1.29, 1.82) is 0 Å². The number of carbonyl (C=O) groups excluding carboxylic acids is 2. The van der Waals surface area contributed by atoms with Gasteiger partial charge >= 0.3 is 12.0 Å². The minimum atomic E-state index is -0.842.